The van der Waals surface area contributed by atoms with Gasteiger partial charge in [0.15, 0.2) is 0 Å². The fourth-order valence-electron chi connectivity index (χ4n) is 1.25. The van der Waals surface area contributed by atoms with Gasteiger partial charge in [-0.25, -0.2) is 0 Å². The maximum atomic E-state index is 11.8. The predicted molar refractivity (Wildman–Crippen MR) is 56.4 cm³/mol. The van der Waals surface area contributed by atoms with Gasteiger partial charge in [-0.05, 0) is 25.1 Å². The Balaban J connectivity index is 2.26. The van der Waals surface area contributed by atoms with Gasteiger partial charge in [0.25, 0.3) is 0 Å². The molecule has 1 rings (SSSR count). The monoisotopic (exact) mass is 251 g/mol. The zero-order chi connectivity index (χ0) is 12.7. The van der Waals surface area contributed by atoms with Crippen molar-refractivity contribution in [2.45, 2.75) is 32.7 Å². The molecule has 0 aliphatic heterocycles. The summed E-state index contributed by atoms with van der Waals surface area (Å²) in [6.45, 7) is 2.09. The molecular weight excluding hydrogens is 235 g/mol. The molecule has 1 N–H and O–H groups in total. The van der Waals surface area contributed by atoms with Crippen LogP contribution in [0, 0.1) is 0 Å². The van der Waals surface area contributed by atoms with Gasteiger partial charge in [0.05, 0.1) is 6.54 Å². The fraction of sp³-hybridized carbons (Fsp3) is 0.636. The molecule has 1 aromatic rings. The van der Waals surface area contributed by atoms with Crippen molar-refractivity contribution in [1.82, 2.24) is 5.32 Å². The van der Waals surface area contributed by atoms with Crippen LogP contribution in [0.4, 0.5) is 13.2 Å². The smallest absolute Gasteiger partial charge is 0.411 e. The molecule has 0 saturated carbocycles. The van der Waals surface area contributed by atoms with E-state index in [1.807, 2.05) is 6.92 Å². The third-order valence-electron chi connectivity index (χ3n) is 1.95. The van der Waals surface area contributed by atoms with Crippen LogP contribution in [0.3, 0.4) is 0 Å². The summed E-state index contributed by atoms with van der Waals surface area (Å²) in [6.07, 6.45) is -3.28. The van der Waals surface area contributed by atoms with E-state index in [0.717, 1.165) is 13.0 Å². The Bertz CT molecular complexity index is 323. The molecule has 0 atom stereocenters. The van der Waals surface area contributed by atoms with Crippen molar-refractivity contribution in [3.63, 3.8) is 0 Å². The lowest BCUT2D eigenvalue weighted by Gasteiger charge is -2.05. The van der Waals surface area contributed by atoms with Crippen LogP contribution in [0.1, 0.15) is 24.9 Å². The van der Waals surface area contributed by atoms with E-state index in [4.69, 9.17) is 4.42 Å². The first kappa shape index (κ1) is 14.1. The molecule has 0 aliphatic rings. The van der Waals surface area contributed by atoms with Crippen molar-refractivity contribution in [2.75, 3.05) is 13.2 Å². The molecule has 6 heteroatoms. The topological polar surface area (TPSA) is 34.4 Å². The summed E-state index contributed by atoms with van der Waals surface area (Å²) < 4.78 is 45.2. The highest BCUT2D eigenvalue weighted by Gasteiger charge is 2.27. The molecule has 3 nitrogen and oxygen atoms in total. The molecule has 0 spiro atoms. The highest BCUT2D eigenvalue weighted by atomic mass is 19.4. The Kier molecular flexibility index (Phi) is 5.50. The molecule has 0 saturated heterocycles. The normalized spacial score (nSPS) is 12.0. The number of nitrogens with one attached hydrogen (secondary N) is 1. The number of halogens is 3. The van der Waals surface area contributed by atoms with Gasteiger partial charge in [-0.1, -0.05) is 6.92 Å². The van der Waals surface area contributed by atoms with E-state index in [9.17, 15) is 13.2 Å². The zero-order valence-electron chi connectivity index (χ0n) is 9.64. The van der Waals surface area contributed by atoms with Gasteiger partial charge >= 0.3 is 6.18 Å². The van der Waals surface area contributed by atoms with Crippen LogP contribution in [0.2, 0.25) is 0 Å². The minimum atomic E-state index is -4.29. The highest BCUT2D eigenvalue weighted by molar-refractivity contribution is 5.06. The maximum Gasteiger partial charge on any atom is 0.411 e. The molecule has 0 aliphatic carbocycles. The molecule has 98 valence electrons. The van der Waals surface area contributed by atoms with E-state index >= 15 is 0 Å². The second-order valence-corrected chi connectivity index (χ2v) is 3.65. The molecule has 0 bridgehead atoms. The predicted octanol–water partition coefficient (Wildman–Crippen LogP) is 2.86. The summed E-state index contributed by atoms with van der Waals surface area (Å²) >= 11 is 0. The first-order valence-electron chi connectivity index (χ1n) is 5.44. The lowest BCUT2D eigenvalue weighted by molar-refractivity contribution is -0.177. The van der Waals surface area contributed by atoms with Gasteiger partial charge in [-0.2, -0.15) is 13.2 Å². The number of hydrogen-bond acceptors (Lipinski definition) is 3. The van der Waals surface area contributed by atoms with Crippen LogP contribution in [-0.2, 0) is 17.9 Å². The van der Waals surface area contributed by atoms with Crippen LogP contribution in [0.25, 0.3) is 0 Å². The fourth-order valence-corrected chi connectivity index (χ4v) is 1.25. The van der Waals surface area contributed by atoms with Crippen molar-refractivity contribution in [3.8, 4) is 0 Å². The average molecular weight is 251 g/mol. The van der Waals surface area contributed by atoms with Crippen LogP contribution in [-0.4, -0.2) is 19.3 Å². The van der Waals surface area contributed by atoms with Gasteiger partial charge in [-0.3, -0.25) is 0 Å². The molecule has 1 aromatic heterocycles. The van der Waals surface area contributed by atoms with E-state index in [1.165, 1.54) is 0 Å². The molecular formula is C11H16F3NO2. The summed E-state index contributed by atoms with van der Waals surface area (Å²) in [5.74, 6) is 1.10. The Morgan fingerprint density at radius 1 is 1.29 bits per heavy atom. The van der Waals surface area contributed by atoms with E-state index in [2.05, 4.69) is 10.1 Å². The minimum absolute atomic E-state index is 0.159. The minimum Gasteiger partial charge on any atom is -0.462 e. The first-order chi connectivity index (χ1) is 8.01. The number of rotatable bonds is 7. The van der Waals surface area contributed by atoms with Crippen molar-refractivity contribution >= 4 is 0 Å². The van der Waals surface area contributed by atoms with Crippen LogP contribution in [0.15, 0.2) is 16.5 Å². The zero-order valence-corrected chi connectivity index (χ0v) is 9.64. The Morgan fingerprint density at radius 2 is 2.00 bits per heavy atom. The number of ether oxygens (including phenoxy) is 1. The van der Waals surface area contributed by atoms with Gasteiger partial charge in [0, 0.05) is 0 Å². The van der Waals surface area contributed by atoms with E-state index in [0.29, 0.717) is 18.1 Å². The first-order valence-corrected chi connectivity index (χ1v) is 5.44. The molecule has 0 unspecified atom stereocenters. The largest absolute Gasteiger partial charge is 0.462 e. The number of hydrogen-bond donors (Lipinski definition) is 1. The molecule has 17 heavy (non-hydrogen) atoms. The quantitative estimate of drug-likeness (QED) is 0.757. The Hall–Kier alpha value is -1.01. The summed E-state index contributed by atoms with van der Waals surface area (Å²) in [5.41, 5.74) is 0. The van der Waals surface area contributed by atoms with E-state index in [-0.39, 0.29) is 6.61 Å². The number of furan rings is 1. The van der Waals surface area contributed by atoms with Crippen molar-refractivity contribution < 1.29 is 22.3 Å². The Morgan fingerprint density at radius 3 is 2.65 bits per heavy atom. The van der Waals surface area contributed by atoms with Gasteiger partial charge in [-0.15, -0.1) is 0 Å². The second-order valence-electron chi connectivity index (χ2n) is 3.65. The van der Waals surface area contributed by atoms with Crippen molar-refractivity contribution in [2.24, 2.45) is 0 Å². The SMILES string of the molecule is CCCNCc1ccc(COCC(F)(F)F)o1. The van der Waals surface area contributed by atoms with E-state index < -0.39 is 12.8 Å². The maximum absolute atomic E-state index is 11.8. The standard InChI is InChI=1S/C11H16F3NO2/c1-2-5-15-6-9-3-4-10(17-9)7-16-8-11(12,13)14/h3-4,15H,2,5-8H2,1H3. The van der Waals surface area contributed by atoms with Crippen molar-refractivity contribution in [3.05, 3.63) is 23.7 Å². The molecule has 1 heterocycles. The average Bonchev–Trinajstić information content (AvgIpc) is 2.64. The van der Waals surface area contributed by atoms with E-state index in [1.54, 1.807) is 12.1 Å². The summed E-state index contributed by atoms with van der Waals surface area (Å²) in [5, 5.41) is 3.13. The number of alkyl halides is 3. The van der Waals surface area contributed by atoms with Gasteiger partial charge < -0.3 is 14.5 Å². The summed E-state index contributed by atoms with van der Waals surface area (Å²) in [7, 11) is 0. The Labute approximate surface area is 97.9 Å². The lowest BCUT2D eigenvalue weighted by Crippen LogP contribution is -2.16. The molecule has 0 aromatic carbocycles. The summed E-state index contributed by atoms with van der Waals surface area (Å²) in [6, 6.07) is 3.36. The van der Waals surface area contributed by atoms with Gasteiger partial charge in [0.1, 0.15) is 24.7 Å². The van der Waals surface area contributed by atoms with Crippen LogP contribution >= 0.6 is 0 Å². The van der Waals surface area contributed by atoms with Crippen molar-refractivity contribution in [1.29, 1.82) is 0 Å². The third-order valence-corrected chi connectivity index (χ3v) is 1.95. The molecule has 0 fully saturated rings. The molecule has 0 radical (unpaired) electrons. The summed E-state index contributed by atoms with van der Waals surface area (Å²) in [4.78, 5) is 0. The van der Waals surface area contributed by atoms with Crippen LogP contribution in [0.5, 0.6) is 0 Å². The van der Waals surface area contributed by atoms with Crippen LogP contribution < -0.4 is 5.32 Å². The second kappa shape index (κ2) is 6.66. The highest BCUT2D eigenvalue weighted by Crippen LogP contribution is 2.16. The molecule has 0 amide bonds. The third kappa shape index (κ3) is 6.33. The van der Waals surface area contributed by atoms with Gasteiger partial charge in [0.2, 0.25) is 0 Å². The lowest BCUT2D eigenvalue weighted by atomic mass is 10.4.